The summed E-state index contributed by atoms with van der Waals surface area (Å²) in [5.41, 5.74) is 0.557. The van der Waals surface area contributed by atoms with E-state index in [0.29, 0.717) is 51.5 Å². The highest BCUT2D eigenvalue weighted by Crippen LogP contribution is 2.48. The molecule has 194 valence electrons. The van der Waals surface area contributed by atoms with Crippen LogP contribution < -0.4 is 44.1 Å². The van der Waals surface area contributed by atoms with Crippen LogP contribution in [-0.2, 0) is 4.79 Å². The summed E-state index contributed by atoms with van der Waals surface area (Å²) >= 11 is 0. The molecule has 2 aliphatic heterocycles. The number of carbonyl (C=O) groups excluding carboxylic acids is 1. The maximum Gasteiger partial charge on any atom is 0.343 e. The molecule has 2 aliphatic rings. The van der Waals surface area contributed by atoms with Gasteiger partial charge in [-0.1, -0.05) is 0 Å². The number of anilines is 1. The van der Waals surface area contributed by atoms with Crippen molar-refractivity contribution in [2.75, 3.05) is 40.5 Å². The highest BCUT2D eigenvalue weighted by atomic mass is 16.7. The number of hydrogen-bond acceptors (Lipinski definition) is 10. The second-order valence-electron chi connectivity index (χ2n) is 8.30. The smallest absolute Gasteiger partial charge is 0.343 e. The standard InChI is InChI=1S/C26H25NO10/c1-12-6-15-21(26(29)36-12)20(13-7-16(30-2)23-19(8-13)34-11-35-23)24(37-15)25(28)27-14-9-17(31-3)22(33-5)18(10-14)32-4/h6-10,20,24H,11H2,1-5H3,(H,27,28)/t20-,24+/m0/s1. The quantitative estimate of drug-likeness (QED) is 0.506. The van der Waals surface area contributed by atoms with Crippen molar-refractivity contribution in [3.05, 3.63) is 57.6 Å². The number of hydrogen-bond donors (Lipinski definition) is 1. The minimum absolute atomic E-state index is 0.0271. The lowest BCUT2D eigenvalue weighted by Crippen LogP contribution is -2.35. The predicted molar refractivity (Wildman–Crippen MR) is 130 cm³/mol. The second kappa shape index (κ2) is 9.49. The first-order valence-corrected chi connectivity index (χ1v) is 11.3. The van der Waals surface area contributed by atoms with Crippen molar-refractivity contribution in [3.63, 3.8) is 0 Å². The normalized spacial score (nSPS) is 17.0. The average molecular weight is 511 g/mol. The van der Waals surface area contributed by atoms with E-state index in [1.54, 1.807) is 37.3 Å². The molecule has 1 N–H and O–H groups in total. The Hall–Kier alpha value is -4.54. The van der Waals surface area contributed by atoms with Crippen LogP contribution in [-0.4, -0.2) is 47.2 Å². The maximum atomic E-state index is 13.6. The molecule has 0 aliphatic carbocycles. The second-order valence-corrected chi connectivity index (χ2v) is 8.30. The first-order valence-electron chi connectivity index (χ1n) is 11.3. The first-order chi connectivity index (χ1) is 17.9. The van der Waals surface area contributed by atoms with Crippen LogP contribution in [0.25, 0.3) is 0 Å². The van der Waals surface area contributed by atoms with Crippen LogP contribution in [0.2, 0.25) is 0 Å². The van der Waals surface area contributed by atoms with E-state index < -0.39 is 23.6 Å². The molecule has 37 heavy (non-hydrogen) atoms. The number of fused-ring (bicyclic) bond motifs is 2. The van der Waals surface area contributed by atoms with E-state index in [-0.39, 0.29) is 18.1 Å². The van der Waals surface area contributed by atoms with Gasteiger partial charge in [0.05, 0.1) is 39.9 Å². The molecule has 11 nitrogen and oxygen atoms in total. The van der Waals surface area contributed by atoms with E-state index in [1.165, 1.54) is 28.4 Å². The monoisotopic (exact) mass is 511 g/mol. The van der Waals surface area contributed by atoms with Crippen LogP contribution >= 0.6 is 0 Å². The third-order valence-electron chi connectivity index (χ3n) is 6.17. The topological polar surface area (TPSA) is 124 Å². The lowest BCUT2D eigenvalue weighted by Gasteiger charge is -2.20. The lowest BCUT2D eigenvalue weighted by molar-refractivity contribution is -0.122. The molecule has 0 fully saturated rings. The SMILES string of the molecule is COc1cc(NC(=O)[C@@H]2Oc3cc(C)oc(=O)c3[C@@H]2c2cc(OC)c3c(c2)OCO3)cc(OC)c1OC. The third-order valence-corrected chi connectivity index (χ3v) is 6.17. The minimum Gasteiger partial charge on any atom is -0.493 e. The van der Waals surface area contributed by atoms with Crippen LogP contribution in [0.1, 0.15) is 22.8 Å². The van der Waals surface area contributed by atoms with Crippen molar-refractivity contribution < 1.29 is 42.4 Å². The van der Waals surface area contributed by atoms with Crippen molar-refractivity contribution in [1.29, 1.82) is 0 Å². The summed E-state index contributed by atoms with van der Waals surface area (Å²) < 4.78 is 44.0. The van der Waals surface area contributed by atoms with Crippen LogP contribution in [0.3, 0.4) is 0 Å². The summed E-state index contributed by atoms with van der Waals surface area (Å²) in [6.07, 6.45) is -1.12. The van der Waals surface area contributed by atoms with Gasteiger partial charge in [0.25, 0.3) is 5.91 Å². The molecular formula is C26H25NO10. The molecule has 5 rings (SSSR count). The van der Waals surface area contributed by atoms with E-state index in [0.717, 1.165) is 0 Å². The maximum absolute atomic E-state index is 13.6. The van der Waals surface area contributed by atoms with Crippen LogP contribution in [0, 0.1) is 6.92 Å². The number of aryl methyl sites for hydroxylation is 1. The summed E-state index contributed by atoms with van der Waals surface area (Å²) in [7, 11) is 5.93. The van der Waals surface area contributed by atoms with Gasteiger partial charge in [-0.25, -0.2) is 4.79 Å². The molecule has 0 unspecified atom stereocenters. The van der Waals surface area contributed by atoms with E-state index >= 15 is 0 Å². The molecule has 0 saturated carbocycles. The van der Waals surface area contributed by atoms with E-state index in [1.807, 2.05) is 0 Å². The average Bonchev–Trinajstić information content (AvgIpc) is 3.52. The number of rotatable bonds is 7. The lowest BCUT2D eigenvalue weighted by atomic mass is 9.88. The van der Waals surface area contributed by atoms with E-state index in [4.69, 9.17) is 37.6 Å². The Morgan fingerprint density at radius 2 is 1.59 bits per heavy atom. The molecule has 1 amide bonds. The molecule has 0 spiro atoms. The number of ether oxygens (including phenoxy) is 7. The van der Waals surface area contributed by atoms with Gasteiger partial charge in [0, 0.05) is 23.9 Å². The third kappa shape index (κ3) is 4.11. The van der Waals surface area contributed by atoms with Crippen LogP contribution in [0.15, 0.2) is 39.5 Å². The molecule has 0 radical (unpaired) electrons. The number of carbonyl (C=O) groups is 1. The number of amides is 1. The van der Waals surface area contributed by atoms with Gasteiger partial charge in [-0.15, -0.1) is 0 Å². The molecule has 2 aromatic carbocycles. The summed E-state index contributed by atoms with van der Waals surface area (Å²) in [5.74, 6) is 1.67. The molecule has 0 bridgehead atoms. The van der Waals surface area contributed by atoms with Crippen molar-refractivity contribution in [1.82, 2.24) is 0 Å². The Balaban J connectivity index is 1.57. The molecule has 3 heterocycles. The number of benzene rings is 2. The Morgan fingerprint density at radius 3 is 2.24 bits per heavy atom. The van der Waals surface area contributed by atoms with Crippen molar-refractivity contribution in [2.45, 2.75) is 18.9 Å². The molecule has 3 aromatic rings. The van der Waals surface area contributed by atoms with Crippen molar-refractivity contribution >= 4 is 11.6 Å². The zero-order valence-corrected chi connectivity index (χ0v) is 20.8. The van der Waals surface area contributed by atoms with Crippen LogP contribution in [0.4, 0.5) is 5.69 Å². The van der Waals surface area contributed by atoms with Gasteiger partial charge in [-0.3, -0.25) is 4.79 Å². The Bertz CT molecular complexity index is 1400. The first kappa shape index (κ1) is 24.2. The largest absolute Gasteiger partial charge is 0.493 e. The number of methoxy groups -OCH3 is 4. The van der Waals surface area contributed by atoms with E-state index in [2.05, 4.69) is 5.32 Å². The van der Waals surface area contributed by atoms with Gasteiger partial charge in [-0.2, -0.15) is 0 Å². The van der Waals surface area contributed by atoms with Gasteiger partial charge in [0.15, 0.2) is 29.1 Å². The highest BCUT2D eigenvalue weighted by Gasteiger charge is 2.44. The van der Waals surface area contributed by atoms with Gasteiger partial charge in [-0.05, 0) is 24.6 Å². The molecule has 1 aromatic heterocycles. The molecule has 11 heteroatoms. The fraction of sp³-hybridized carbons (Fsp3) is 0.308. The predicted octanol–water partition coefficient (Wildman–Crippen LogP) is 3.24. The fourth-order valence-electron chi connectivity index (χ4n) is 4.57. The summed E-state index contributed by atoms with van der Waals surface area (Å²) in [5, 5.41) is 2.83. The molecular weight excluding hydrogens is 486 g/mol. The minimum atomic E-state index is -1.12. The zero-order valence-electron chi connectivity index (χ0n) is 20.8. The Morgan fingerprint density at radius 1 is 0.892 bits per heavy atom. The Labute approximate surface area is 211 Å². The van der Waals surface area contributed by atoms with Gasteiger partial charge in [0.2, 0.25) is 18.3 Å². The summed E-state index contributed by atoms with van der Waals surface area (Å²) in [4.78, 5) is 26.6. The van der Waals surface area contributed by atoms with E-state index in [9.17, 15) is 9.59 Å². The van der Waals surface area contributed by atoms with Crippen molar-refractivity contribution in [2.24, 2.45) is 0 Å². The van der Waals surface area contributed by atoms with Crippen LogP contribution in [0.5, 0.6) is 40.2 Å². The molecule has 2 atom stereocenters. The zero-order chi connectivity index (χ0) is 26.3. The van der Waals surface area contributed by atoms with Gasteiger partial charge < -0.3 is 42.9 Å². The summed E-state index contributed by atoms with van der Waals surface area (Å²) in [6.45, 7) is 1.66. The van der Waals surface area contributed by atoms with Gasteiger partial charge >= 0.3 is 5.63 Å². The Kier molecular flexibility index (Phi) is 6.20. The fourth-order valence-corrected chi connectivity index (χ4v) is 4.57. The van der Waals surface area contributed by atoms with Gasteiger partial charge in [0.1, 0.15) is 11.5 Å². The highest BCUT2D eigenvalue weighted by molar-refractivity contribution is 5.97. The van der Waals surface area contributed by atoms with Crippen molar-refractivity contribution in [3.8, 4) is 40.2 Å². The summed E-state index contributed by atoms with van der Waals surface area (Å²) in [6, 6.07) is 8.17. The molecule has 0 saturated heterocycles. The number of nitrogens with one attached hydrogen (secondary N) is 1.